The Hall–Kier alpha value is -1.75. The molecule has 0 aliphatic heterocycles. The molecule has 0 atom stereocenters. The Morgan fingerprint density at radius 3 is 2.43 bits per heavy atom. The fourth-order valence-electron chi connectivity index (χ4n) is 3.01. The summed E-state index contributed by atoms with van der Waals surface area (Å²) >= 11 is 0. The number of hydrogen-bond donors (Lipinski definition) is 0. The summed E-state index contributed by atoms with van der Waals surface area (Å²) in [6.45, 7) is 2.86. The highest BCUT2D eigenvalue weighted by atomic mass is 16.7. The zero-order valence-electron chi connectivity index (χ0n) is 14.3. The van der Waals surface area contributed by atoms with Crippen LogP contribution in [0.25, 0.3) is 0 Å². The van der Waals surface area contributed by atoms with Gasteiger partial charge in [-0.05, 0) is 37.5 Å². The first kappa shape index (κ1) is 17.6. The van der Waals surface area contributed by atoms with Crippen LogP contribution in [-0.2, 0) is 4.84 Å². The van der Waals surface area contributed by atoms with Crippen molar-refractivity contribution < 1.29 is 19.1 Å². The number of ether oxygens (including phenoxy) is 2. The van der Waals surface area contributed by atoms with E-state index in [1.54, 1.807) is 32.4 Å². The van der Waals surface area contributed by atoms with Gasteiger partial charge in [0.25, 0.3) is 0 Å². The smallest absolute Gasteiger partial charge is 0.357 e. The molecule has 1 saturated carbocycles. The first-order chi connectivity index (χ1) is 11.2. The van der Waals surface area contributed by atoms with Crippen molar-refractivity contribution in [3.05, 3.63) is 23.8 Å². The molecule has 0 unspecified atom stereocenters. The van der Waals surface area contributed by atoms with Gasteiger partial charge in [0, 0.05) is 12.6 Å². The maximum atomic E-state index is 12.5. The van der Waals surface area contributed by atoms with Gasteiger partial charge >= 0.3 is 5.97 Å². The van der Waals surface area contributed by atoms with Crippen LogP contribution in [0.15, 0.2) is 18.2 Å². The highest BCUT2D eigenvalue weighted by molar-refractivity contribution is 5.90. The van der Waals surface area contributed by atoms with Crippen LogP contribution in [0, 0.1) is 0 Å². The average molecular weight is 321 g/mol. The molecule has 2 rings (SSSR count). The molecule has 0 spiro atoms. The normalized spacial score (nSPS) is 15.5. The lowest BCUT2D eigenvalue weighted by atomic mass is 9.95. The van der Waals surface area contributed by atoms with Crippen LogP contribution in [0.3, 0.4) is 0 Å². The summed E-state index contributed by atoms with van der Waals surface area (Å²) in [5.74, 6) is 0.786. The monoisotopic (exact) mass is 321 g/mol. The predicted octanol–water partition coefficient (Wildman–Crippen LogP) is 3.82. The Bertz CT molecular complexity index is 512. The zero-order valence-corrected chi connectivity index (χ0v) is 14.3. The zero-order chi connectivity index (χ0) is 16.7. The van der Waals surface area contributed by atoms with Crippen LogP contribution in [0.1, 0.15) is 55.8 Å². The number of rotatable bonds is 7. The molecule has 5 heteroatoms. The van der Waals surface area contributed by atoms with E-state index in [1.807, 2.05) is 5.06 Å². The lowest BCUT2D eigenvalue weighted by molar-refractivity contribution is -0.144. The first-order valence-corrected chi connectivity index (χ1v) is 8.40. The van der Waals surface area contributed by atoms with Crippen molar-refractivity contribution in [1.29, 1.82) is 0 Å². The van der Waals surface area contributed by atoms with E-state index in [1.165, 1.54) is 19.3 Å². The van der Waals surface area contributed by atoms with Crippen LogP contribution < -0.4 is 9.47 Å². The molecule has 1 aromatic carbocycles. The summed E-state index contributed by atoms with van der Waals surface area (Å²) in [4.78, 5) is 18.2. The van der Waals surface area contributed by atoms with Crippen molar-refractivity contribution in [3.8, 4) is 11.5 Å². The van der Waals surface area contributed by atoms with E-state index in [0.29, 0.717) is 23.1 Å². The third-order valence-electron chi connectivity index (χ3n) is 4.25. The van der Waals surface area contributed by atoms with E-state index in [-0.39, 0.29) is 5.97 Å². The maximum Gasteiger partial charge on any atom is 0.357 e. The van der Waals surface area contributed by atoms with Gasteiger partial charge in [-0.15, -0.1) is 5.06 Å². The molecule has 0 saturated heterocycles. The van der Waals surface area contributed by atoms with Crippen LogP contribution in [0.4, 0.5) is 0 Å². The molecule has 0 amide bonds. The van der Waals surface area contributed by atoms with Gasteiger partial charge in [-0.25, -0.2) is 4.79 Å². The summed E-state index contributed by atoms with van der Waals surface area (Å²) in [7, 11) is 3.13. The SMILES string of the molecule is CCCN(OC(=O)c1ccc(OC)c(OC)c1)C1CCCCC1. The van der Waals surface area contributed by atoms with Gasteiger partial charge in [-0.1, -0.05) is 26.2 Å². The van der Waals surface area contributed by atoms with Crippen molar-refractivity contribution in [2.45, 2.75) is 51.5 Å². The Balaban J connectivity index is 2.08. The van der Waals surface area contributed by atoms with Crippen LogP contribution >= 0.6 is 0 Å². The second-order valence-electron chi connectivity index (χ2n) is 5.88. The topological polar surface area (TPSA) is 48.0 Å². The molecule has 1 aliphatic rings. The third-order valence-corrected chi connectivity index (χ3v) is 4.25. The predicted molar refractivity (Wildman–Crippen MR) is 88.8 cm³/mol. The molecule has 0 radical (unpaired) electrons. The van der Waals surface area contributed by atoms with E-state index in [2.05, 4.69) is 6.92 Å². The minimum Gasteiger partial charge on any atom is -0.493 e. The van der Waals surface area contributed by atoms with Gasteiger partial charge in [0.2, 0.25) is 0 Å². The summed E-state index contributed by atoms with van der Waals surface area (Å²) < 4.78 is 10.4. The van der Waals surface area contributed by atoms with E-state index in [0.717, 1.165) is 25.8 Å². The molecule has 0 aromatic heterocycles. The molecule has 5 nitrogen and oxygen atoms in total. The highest BCUT2D eigenvalue weighted by Crippen LogP contribution is 2.28. The van der Waals surface area contributed by atoms with Crippen molar-refractivity contribution in [3.63, 3.8) is 0 Å². The largest absolute Gasteiger partial charge is 0.493 e. The standard InChI is InChI=1S/C18H27NO4/c1-4-12-19(15-8-6-5-7-9-15)23-18(20)14-10-11-16(21-2)17(13-14)22-3/h10-11,13,15H,4-9,12H2,1-3H3. The number of carbonyl (C=O) groups is 1. The lowest BCUT2D eigenvalue weighted by Gasteiger charge is -2.32. The quantitative estimate of drug-likeness (QED) is 0.715. The van der Waals surface area contributed by atoms with Crippen molar-refractivity contribution in [1.82, 2.24) is 5.06 Å². The highest BCUT2D eigenvalue weighted by Gasteiger charge is 2.24. The second kappa shape index (κ2) is 8.77. The molecule has 0 bridgehead atoms. The number of carbonyl (C=O) groups excluding carboxylic acids is 1. The third kappa shape index (κ3) is 4.61. The van der Waals surface area contributed by atoms with Gasteiger partial charge < -0.3 is 14.3 Å². The van der Waals surface area contributed by atoms with Crippen molar-refractivity contribution in [2.75, 3.05) is 20.8 Å². The Labute approximate surface area is 138 Å². The summed E-state index contributed by atoms with van der Waals surface area (Å²) in [5, 5.41) is 1.87. The van der Waals surface area contributed by atoms with Crippen LogP contribution in [0.5, 0.6) is 11.5 Å². The van der Waals surface area contributed by atoms with E-state index in [9.17, 15) is 4.79 Å². The molecule has 0 heterocycles. The maximum absolute atomic E-state index is 12.5. The van der Waals surface area contributed by atoms with Crippen LogP contribution in [0.2, 0.25) is 0 Å². The summed E-state index contributed by atoms with van der Waals surface area (Å²) in [5.41, 5.74) is 0.472. The van der Waals surface area contributed by atoms with Gasteiger partial charge in [-0.2, -0.15) is 0 Å². The minimum atomic E-state index is -0.343. The molecule has 0 N–H and O–H groups in total. The van der Waals surface area contributed by atoms with E-state index >= 15 is 0 Å². The lowest BCUT2D eigenvalue weighted by Crippen LogP contribution is -2.39. The fraction of sp³-hybridized carbons (Fsp3) is 0.611. The second-order valence-corrected chi connectivity index (χ2v) is 5.88. The average Bonchev–Trinajstić information content (AvgIpc) is 2.61. The molecule has 23 heavy (non-hydrogen) atoms. The number of hydroxylamine groups is 2. The van der Waals surface area contributed by atoms with E-state index < -0.39 is 0 Å². The Morgan fingerprint density at radius 1 is 1.13 bits per heavy atom. The van der Waals surface area contributed by atoms with Gasteiger partial charge in [0.15, 0.2) is 11.5 Å². The van der Waals surface area contributed by atoms with E-state index in [4.69, 9.17) is 14.3 Å². The molecule has 128 valence electrons. The van der Waals surface area contributed by atoms with Gasteiger partial charge in [0.05, 0.1) is 19.8 Å². The van der Waals surface area contributed by atoms with Crippen molar-refractivity contribution >= 4 is 5.97 Å². The number of methoxy groups -OCH3 is 2. The molecule has 1 aliphatic carbocycles. The van der Waals surface area contributed by atoms with Gasteiger partial charge in [-0.3, -0.25) is 0 Å². The Kier molecular flexibility index (Phi) is 6.71. The minimum absolute atomic E-state index is 0.341. The molecule has 1 aromatic rings. The summed E-state index contributed by atoms with van der Waals surface area (Å²) in [6, 6.07) is 5.42. The fourth-order valence-corrected chi connectivity index (χ4v) is 3.01. The number of benzene rings is 1. The Morgan fingerprint density at radius 2 is 1.83 bits per heavy atom. The number of hydrogen-bond acceptors (Lipinski definition) is 5. The molecular formula is C18H27NO4. The van der Waals surface area contributed by atoms with Crippen LogP contribution in [-0.4, -0.2) is 37.8 Å². The molecular weight excluding hydrogens is 294 g/mol. The first-order valence-electron chi connectivity index (χ1n) is 8.40. The van der Waals surface area contributed by atoms with Gasteiger partial charge in [0.1, 0.15) is 0 Å². The summed E-state index contributed by atoms with van der Waals surface area (Å²) in [6.07, 6.45) is 6.84. The number of nitrogens with zero attached hydrogens (tertiary/aromatic N) is 1. The van der Waals surface area contributed by atoms with Crippen molar-refractivity contribution in [2.24, 2.45) is 0 Å². The molecule has 1 fully saturated rings.